The number of nitrogens with zero attached hydrogens (tertiary/aromatic N) is 4. The minimum atomic E-state index is -0.672. The van der Waals surface area contributed by atoms with Crippen LogP contribution in [0.3, 0.4) is 0 Å². The average Bonchev–Trinajstić information content (AvgIpc) is 3.35. The van der Waals surface area contributed by atoms with E-state index < -0.39 is 11.9 Å². The first-order valence-corrected chi connectivity index (χ1v) is 17.1. The summed E-state index contributed by atoms with van der Waals surface area (Å²) in [5.41, 5.74) is 1.70. The van der Waals surface area contributed by atoms with Crippen LogP contribution in [0.15, 0.2) is 70.6 Å². The predicted octanol–water partition coefficient (Wildman–Crippen LogP) is 8.54. The highest BCUT2D eigenvalue weighted by Crippen LogP contribution is 2.43. The van der Waals surface area contributed by atoms with Crippen molar-refractivity contribution in [2.24, 2.45) is 9.98 Å². The first kappa shape index (κ1) is 37.1. The second-order valence-electron chi connectivity index (χ2n) is 11.9. The highest BCUT2D eigenvalue weighted by Gasteiger charge is 2.33. The third-order valence-electron chi connectivity index (χ3n) is 7.02. The fraction of sp³-hybridized carbons (Fsp3) is 0.444. The van der Waals surface area contributed by atoms with Crippen LogP contribution in [0.2, 0.25) is 0 Å². The van der Waals surface area contributed by atoms with Gasteiger partial charge in [-0.25, -0.2) is 19.6 Å². The van der Waals surface area contributed by atoms with E-state index in [1.807, 2.05) is 60.7 Å². The van der Waals surface area contributed by atoms with Crippen LogP contribution in [0.25, 0.3) is 0 Å². The summed E-state index contributed by atoms with van der Waals surface area (Å²) in [5, 5.41) is 7.48. The molecule has 0 unspecified atom stereocenters. The molecule has 10 nitrogen and oxygen atoms in total. The minimum absolute atomic E-state index is 0.0218. The zero-order valence-electron chi connectivity index (χ0n) is 29.3. The maximum Gasteiger partial charge on any atom is 0.342 e. The molecule has 0 amide bonds. The van der Waals surface area contributed by atoms with Gasteiger partial charge in [0.1, 0.15) is 21.1 Å². The maximum atomic E-state index is 13.7. The van der Waals surface area contributed by atoms with Gasteiger partial charge in [0.25, 0.3) is 0 Å². The van der Waals surface area contributed by atoms with E-state index in [0.29, 0.717) is 11.9 Å². The van der Waals surface area contributed by atoms with Gasteiger partial charge in [0, 0.05) is 35.5 Å². The van der Waals surface area contributed by atoms with Crippen molar-refractivity contribution < 1.29 is 19.1 Å². The second-order valence-corrected chi connectivity index (χ2v) is 12.9. The molecule has 0 bridgehead atoms. The lowest BCUT2D eigenvalue weighted by Crippen LogP contribution is -2.45. The average molecular weight is 663 g/mol. The summed E-state index contributed by atoms with van der Waals surface area (Å²) >= 11 is 1.14. The molecule has 0 aliphatic rings. The molecule has 3 aromatic rings. The van der Waals surface area contributed by atoms with Crippen molar-refractivity contribution in [3.8, 4) is 0 Å². The first-order chi connectivity index (χ1) is 22.4. The van der Waals surface area contributed by atoms with Crippen molar-refractivity contribution in [2.75, 3.05) is 23.8 Å². The Balaban J connectivity index is 2.42. The van der Waals surface area contributed by atoms with E-state index in [4.69, 9.17) is 19.5 Å². The third kappa shape index (κ3) is 9.81. The van der Waals surface area contributed by atoms with Gasteiger partial charge in [-0.2, -0.15) is 0 Å². The number of benzene rings is 2. The van der Waals surface area contributed by atoms with Crippen molar-refractivity contribution in [2.45, 2.75) is 93.4 Å². The summed E-state index contributed by atoms with van der Waals surface area (Å²) in [6.45, 7) is 20.3. The number of hydrogen-bond acceptors (Lipinski definition) is 7. The molecule has 0 aliphatic heterocycles. The Morgan fingerprint density at radius 3 is 1.21 bits per heavy atom. The number of nitrogens with one attached hydrogen (secondary N) is 2. The molecule has 11 heteroatoms. The Morgan fingerprint density at radius 1 is 0.617 bits per heavy atom. The number of carbonyl (C=O) groups excluding carboxylic acids is 2. The lowest BCUT2D eigenvalue weighted by molar-refractivity contribution is 0.0481. The standard InChI is InChI=1S/C36H50N6O4S/c1-11-45-33(43)29-30(34(44)46-12-2)32(40-36(42(25(7)8)26(9)10)38-28-21-17-14-18-22-28)47-31(29)39-35(41(23(3)4)24(5)6)37-27-19-15-13-16-20-27/h13-26H,11-12H2,1-10H3,(H,37,39)(H,38,40). The number of hydrogen-bond donors (Lipinski definition) is 2. The van der Waals surface area contributed by atoms with Crippen LogP contribution in [0, 0.1) is 0 Å². The largest absolute Gasteiger partial charge is 0.462 e. The summed E-state index contributed by atoms with van der Waals surface area (Å²) in [5.74, 6) is -0.303. The number of guanidine groups is 2. The Kier molecular flexibility index (Phi) is 13.8. The summed E-state index contributed by atoms with van der Waals surface area (Å²) in [7, 11) is 0. The lowest BCUT2D eigenvalue weighted by Gasteiger charge is -2.34. The summed E-state index contributed by atoms with van der Waals surface area (Å²) in [4.78, 5) is 41.8. The van der Waals surface area contributed by atoms with Crippen LogP contribution in [0.5, 0.6) is 0 Å². The number of carbonyl (C=O) groups is 2. The molecule has 0 saturated carbocycles. The molecule has 3 rings (SSSR count). The van der Waals surface area contributed by atoms with E-state index in [-0.39, 0.29) is 58.5 Å². The topological polar surface area (TPSA) is 108 Å². The van der Waals surface area contributed by atoms with Gasteiger partial charge in [-0.1, -0.05) is 47.7 Å². The normalized spacial score (nSPS) is 12.1. The molecule has 2 N–H and O–H groups in total. The van der Waals surface area contributed by atoms with Gasteiger partial charge in [0.2, 0.25) is 11.9 Å². The van der Waals surface area contributed by atoms with Crippen molar-refractivity contribution in [1.29, 1.82) is 0 Å². The SMILES string of the molecule is CCOC(=O)c1c(/N=C(/Nc2ccccc2)N(C(C)C)C(C)C)sc(/N=C(/Nc2ccccc2)N(C(C)C)C(C)C)c1C(=O)OCC. The zero-order valence-corrected chi connectivity index (χ0v) is 30.1. The molecule has 0 fully saturated rings. The van der Waals surface area contributed by atoms with E-state index in [9.17, 15) is 9.59 Å². The van der Waals surface area contributed by atoms with E-state index >= 15 is 0 Å². The van der Waals surface area contributed by atoms with Crippen LogP contribution in [0.4, 0.5) is 21.4 Å². The van der Waals surface area contributed by atoms with Crippen molar-refractivity contribution in [1.82, 2.24) is 9.80 Å². The minimum Gasteiger partial charge on any atom is -0.462 e. The van der Waals surface area contributed by atoms with Gasteiger partial charge in [-0.15, -0.1) is 0 Å². The number of para-hydroxylation sites is 2. The number of rotatable bonds is 12. The highest BCUT2D eigenvalue weighted by molar-refractivity contribution is 7.20. The summed E-state index contributed by atoms with van der Waals surface area (Å²) < 4.78 is 11.0. The summed E-state index contributed by atoms with van der Waals surface area (Å²) in [6, 6.07) is 19.7. The Morgan fingerprint density at radius 2 is 0.936 bits per heavy atom. The predicted molar refractivity (Wildman–Crippen MR) is 195 cm³/mol. The fourth-order valence-electron chi connectivity index (χ4n) is 5.32. The van der Waals surface area contributed by atoms with E-state index in [1.54, 1.807) is 13.8 Å². The number of aliphatic imine (C=N–C) groups is 2. The molecule has 0 radical (unpaired) electrons. The molecule has 0 aliphatic carbocycles. The third-order valence-corrected chi connectivity index (χ3v) is 8.00. The van der Waals surface area contributed by atoms with Gasteiger partial charge in [-0.3, -0.25) is 0 Å². The van der Waals surface area contributed by atoms with E-state index in [2.05, 4.69) is 75.8 Å². The van der Waals surface area contributed by atoms with Crippen LogP contribution in [0.1, 0.15) is 90.0 Å². The summed E-state index contributed by atoms with van der Waals surface area (Å²) in [6.07, 6.45) is 0. The quantitative estimate of drug-likeness (QED) is 0.113. The molecule has 0 saturated heterocycles. The lowest BCUT2D eigenvalue weighted by atomic mass is 10.1. The number of esters is 2. The maximum absolute atomic E-state index is 13.7. The van der Waals surface area contributed by atoms with Crippen molar-refractivity contribution in [3.05, 3.63) is 71.8 Å². The molecule has 47 heavy (non-hydrogen) atoms. The van der Waals surface area contributed by atoms with Crippen LogP contribution >= 0.6 is 11.3 Å². The monoisotopic (exact) mass is 662 g/mol. The Bertz CT molecular complexity index is 1390. The van der Waals surface area contributed by atoms with Crippen LogP contribution in [-0.2, 0) is 9.47 Å². The van der Waals surface area contributed by atoms with Gasteiger partial charge in [0.15, 0.2) is 0 Å². The van der Waals surface area contributed by atoms with Gasteiger partial charge >= 0.3 is 11.9 Å². The highest BCUT2D eigenvalue weighted by atomic mass is 32.1. The number of anilines is 2. The molecule has 254 valence electrons. The van der Waals surface area contributed by atoms with Crippen molar-refractivity contribution in [3.63, 3.8) is 0 Å². The molecule has 0 atom stereocenters. The fourth-order valence-corrected chi connectivity index (χ4v) is 6.34. The van der Waals surface area contributed by atoms with E-state index in [1.165, 1.54) is 0 Å². The van der Waals surface area contributed by atoms with Gasteiger partial charge in [0.05, 0.1) is 13.2 Å². The molecule has 1 aromatic heterocycles. The molecule has 0 spiro atoms. The van der Waals surface area contributed by atoms with Gasteiger partial charge in [-0.05, 0) is 93.5 Å². The number of ether oxygens (including phenoxy) is 2. The molecular formula is C36H50N6O4S. The Hall–Kier alpha value is -4.38. The smallest absolute Gasteiger partial charge is 0.342 e. The van der Waals surface area contributed by atoms with Crippen LogP contribution in [-0.4, -0.2) is 71.0 Å². The first-order valence-electron chi connectivity index (χ1n) is 16.3. The van der Waals surface area contributed by atoms with E-state index in [0.717, 1.165) is 22.7 Å². The zero-order chi connectivity index (χ0) is 34.7. The molecule has 2 aromatic carbocycles. The molecule has 1 heterocycles. The second kappa shape index (κ2) is 17.5. The van der Waals surface area contributed by atoms with Crippen LogP contribution < -0.4 is 10.6 Å². The Labute approximate surface area is 283 Å². The number of thiophene rings is 1. The van der Waals surface area contributed by atoms with Crippen molar-refractivity contribution >= 4 is 56.6 Å². The molecular weight excluding hydrogens is 613 g/mol. The van der Waals surface area contributed by atoms with Gasteiger partial charge < -0.3 is 29.9 Å².